The average molecular weight is 532 g/mol. The number of carbonyl (C=O) groups is 1. The number of aliphatic carboxylic acids is 1. The molecule has 0 saturated heterocycles. The minimum Gasteiger partial charge on any atom is -0.489 e. The summed E-state index contributed by atoms with van der Waals surface area (Å²) in [5.74, 6) is 0.219. The zero-order chi connectivity index (χ0) is 21.5. The molecule has 4 nitrogen and oxygen atoms in total. The van der Waals surface area contributed by atoms with Crippen molar-refractivity contribution in [2.45, 2.75) is 6.92 Å². The summed E-state index contributed by atoms with van der Waals surface area (Å²) in [7, 11) is 0. The molecule has 0 saturated carbocycles. The van der Waals surface area contributed by atoms with Crippen molar-refractivity contribution in [3.05, 3.63) is 98.4 Å². The first kappa shape index (κ1) is 22.1. The van der Waals surface area contributed by atoms with Gasteiger partial charge >= 0.3 is 5.97 Å². The monoisotopic (exact) mass is 530 g/mol. The van der Waals surface area contributed by atoms with E-state index in [2.05, 4.69) is 62.2 Å². The topological polar surface area (TPSA) is 55.8 Å². The molecule has 0 radical (unpaired) electrons. The third kappa shape index (κ3) is 6.21. The van der Waals surface area contributed by atoms with E-state index in [4.69, 9.17) is 14.6 Å². The molecule has 3 rings (SSSR count). The average Bonchev–Trinajstić information content (AvgIpc) is 2.72. The molecular formula is C24H20Br2O4. The number of benzene rings is 3. The quantitative estimate of drug-likeness (QED) is 0.360. The van der Waals surface area contributed by atoms with E-state index in [-0.39, 0.29) is 6.61 Å². The molecule has 0 heterocycles. The summed E-state index contributed by atoms with van der Waals surface area (Å²) in [5, 5.41) is 8.75. The second kappa shape index (κ2) is 10.5. The first-order valence-electron chi connectivity index (χ1n) is 9.22. The molecule has 0 amide bonds. The van der Waals surface area contributed by atoms with Gasteiger partial charge in [-0.3, -0.25) is 0 Å². The SMILES string of the molecule is Cc1cc(OCC=C(c2ccc(Br)cc2)c2ccc(Br)cc2)ccc1OCC(=O)O. The fraction of sp³-hybridized carbons (Fsp3) is 0.125. The fourth-order valence-electron chi connectivity index (χ4n) is 2.90. The van der Waals surface area contributed by atoms with Crippen LogP contribution in [0.25, 0.3) is 5.57 Å². The van der Waals surface area contributed by atoms with E-state index >= 15 is 0 Å². The summed E-state index contributed by atoms with van der Waals surface area (Å²) in [4.78, 5) is 10.7. The molecule has 6 heteroatoms. The highest BCUT2D eigenvalue weighted by Gasteiger charge is 2.07. The van der Waals surface area contributed by atoms with E-state index in [9.17, 15) is 4.79 Å². The summed E-state index contributed by atoms with van der Waals surface area (Å²) < 4.78 is 13.2. The maximum atomic E-state index is 10.7. The van der Waals surface area contributed by atoms with Crippen LogP contribution in [0.1, 0.15) is 16.7 Å². The number of rotatable bonds is 8. The maximum Gasteiger partial charge on any atom is 0.341 e. The van der Waals surface area contributed by atoms with E-state index < -0.39 is 5.97 Å². The Morgan fingerprint density at radius 2 is 1.47 bits per heavy atom. The van der Waals surface area contributed by atoms with Crippen LogP contribution >= 0.6 is 31.9 Å². The van der Waals surface area contributed by atoms with Crippen molar-refractivity contribution < 1.29 is 19.4 Å². The standard InChI is InChI=1S/C24H20Br2O4/c1-16-14-21(10-11-23(16)30-15-24(27)28)29-13-12-22(17-2-6-19(25)7-3-17)18-4-8-20(26)9-5-18/h2-12,14H,13,15H2,1H3,(H,27,28). The van der Waals surface area contributed by atoms with Crippen molar-refractivity contribution in [1.29, 1.82) is 0 Å². The molecule has 0 aromatic heterocycles. The van der Waals surface area contributed by atoms with Crippen LogP contribution in [0, 0.1) is 6.92 Å². The molecule has 0 spiro atoms. The summed E-state index contributed by atoms with van der Waals surface area (Å²) in [6.07, 6.45) is 2.05. The summed E-state index contributed by atoms with van der Waals surface area (Å²) in [5.41, 5.74) is 4.09. The van der Waals surface area contributed by atoms with E-state index in [1.807, 2.05) is 37.3 Å². The Morgan fingerprint density at radius 1 is 0.900 bits per heavy atom. The first-order valence-corrected chi connectivity index (χ1v) is 10.8. The molecule has 0 aliphatic rings. The zero-order valence-electron chi connectivity index (χ0n) is 16.3. The van der Waals surface area contributed by atoms with Gasteiger partial charge in [-0.25, -0.2) is 4.79 Å². The minimum atomic E-state index is -1.01. The van der Waals surface area contributed by atoms with Crippen molar-refractivity contribution >= 4 is 43.4 Å². The summed E-state index contributed by atoms with van der Waals surface area (Å²) >= 11 is 6.96. The molecule has 154 valence electrons. The van der Waals surface area contributed by atoms with Gasteiger partial charge in [0, 0.05) is 8.95 Å². The normalized spacial score (nSPS) is 10.4. The Kier molecular flexibility index (Phi) is 7.71. The van der Waals surface area contributed by atoms with Gasteiger partial charge in [0.2, 0.25) is 0 Å². The lowest BCUT2D eigenvalue weighted by molar-refractivity contribution is -0.139. The Morgan fingerprint density at radius 3 is 1.97 bits per heavy atom. The number of hydrogen-bond acceptors (Lipinski definition) is 3. The molecule has 0 aliphatic heterocycles. The van der Waals surface area contributed by atoms with E-state index in [0.29, 0.717) is 18.1 Å². The second-order valence-corrected chi connectivity index (χ2v) is 8.38. The predicted octanol–water partition coefficient (Wildman–Crippen LogP) is 6.49. The molecule has 0 aliphatic carbocycles. The van der Waals surface area contributed by atoms with Crippen LogP contribution in [0.5, 0.6) is 11.5 Å². The number of aryl methyl sites for hydroxylation is 1. The molecule has 30 heavy (non-hydrogen) atoms. The van der Waals surface area contributed by atoms with Crippen LogP contribution in [0.4, 0.5) is 0 Å². The van der Waals surface area contributed by atoms with Crippen molar-refractivity contribution in [2.75, 3.05) is 13.2 Å². The third-order valence-corrected chi connectivity index (χ3v) is 5.40. The molecular weight excluding hydrogens is 512 g/mol. The number of hydrogen-bond donors (Lipinski definition) is 1. The lowest BCUT2D eigenvalue weighted by Gasteiger charge is -2.12. The van der Waals surface area contributed by atoms with Crippen LogP contribution in [-0.4, -0.2) is 24.3 Å². The Hall–Kier alpha value is -2.57. The highest BCUT2D eigenvalue weighted by Crippen LogP contribution is 2.27. The van der Waals surface area contributed by atoms with E-state index in [0.717, 1.165) is 31.2 Å². The van der Waals surface area contributed by atoms with Crippen LogP contribution in [-0.2, 0) is 4.79 Å². The minimum absolute atomic E-state index is 0.368. The highest BCUT2D eigenvalue weighted by atomic mass is 79.9. The Labute approximate surface area is 192 Å². The van der Waals surface area contributed by atoms with Gasteiger partial charge in [0.15, 0.2) is 6.61 Å². The van der Waals surface area contributed by atoms with Gasteiger partial charge in [-0.15, -0.1) is 0 Å². The summed E-state index contributed by atoms with van der Waals surface area (Å²) in [6.45, 7) is 1.87. The predicted molar refractivity (Wildman–Crippen MR) is 125 cm³/mol. The second-order valence-electron chi connectivity index (χ2n) is 6.55. The van der Waals surface area contributed by atoms with Gasteiger partial charge in [-0.1, -0.05) is 56.1 Å². The fourth-order valence-corrected chi connectivity index (χ4v) is 3.42. The highest BCUT2D eigenvalue weighted by molar-refractivity contribution is 9.10. The molecule has 0 unspecified atom stereocenters. The lowest BCUT2D eigenvalue weighted by atomic mass is 9.98. The third-order valence-electron chi connectivity index (χ3n) is 4.35. The van der Waals surface area contributed by atoms with Crippen LogP contribution in [0.2, 0.25) is 0 Å². The molecule has 3 aromatic carbocycles. The Bertz CT molecular complexity index is 994. The van der Waals surface area contributed by atoms with Gasteiger partial charge < -0.3 is 14.6 Å². The van der Waals surface area contributed by atoms with Gasteiger partial charge in [0.05, 0.1) is 0 Å². The maximum absolute atomic E-state index is 10.7. The summed E-state index contributed by atoms with van der Waals surface area (Å²) in [6, 6.07) is 21.7. The molecule has 0 bridgehead atoms. The van der Waals surface area contributed by atoms with Gasteiger partial charge in [0.1, 0.15) is 18.1 Å². The van der Waals surface area contributed by atoms with Gasteiger partial charge in [-0.05, 0) is 77.7 Å². The van der Waals surface area contributed by atoms with Crippen LogP contribution in [0.3, 0.4) is 0 Å². The van der Waals surface area contributed by atoms with Crippen molar-refractivity contribution in [1.82, 2.24) is 0 Å². The largest absolute Gasteiger partial charge is 0.489 e. The number of ether oxygens (including phenoxy) is 2. The molecule has 0 atom stereocenters. The first-order chi connectivity index (χ1) is 14.4. The number of carboxylic acids is 1. The van der Waals surface area contributed by atoms with Crippen LogP contribution in [0.15, 0.2) is 81.8 Å². The Balaban J connectivity index is 1.77. The van der Waals surface area contributed by atoms with Crippen molar-refractivity contribution in [3.8, 4) is 11.5 Å². The van der Waals surface area contributed by atoms with Crippen molar-refractivity contribution in [2.24, 2.45) is 0 Å². The lowest BCUT2D eigenvalue weighted by Crippen LogP contribution is -2.10. The van der Waals surface area contributed by atoms with E-state index in [1.165, 1.54) is 0 Å². The number of halogens is 2. The zero-order valence-corrected chi connectivity index (χ0v) is 19.4. The van der Waals surface area contributed by atoms with Gasteiger partial charge in [0.25, 0.3) is 0 Å². The smallest absolute Gasteiger partial charge is 0.341 e. The molecule has 1 N–H and O–H groups in total. The van der Waals surface area contributed by atoms with Crippen molar-refractivity contribution in [3.63, 3.8) is 0 Å². The number of carboxylic acid groups (broad SMARTS) is 1. The molecule has 0 fully saturated rings. The van der Waals surface area contributed by atoms with E-state index in [1.54, 1.807) is 12.1 Å². The van der Waals surface area contributed by atoms with Gasteiger partial charge in [-0.2, -0.15) is 0 Å². The van der Waals surface area contributed by atoms with Crippen LogP contribution < -0.4 is 9.47 Å². The molecule has 3 aromatic rings.